The summed E-state index contributed by atoms with van der Waals surface area (Å²) >= 11 is 1.41. The van der Waals surface area contributed by atoms with E-state index in [4.69, 9.17) is 0 Å². The monoisotopic (exact) mass is 207 g/mol. The van der Waals surface area contributed by atoms with Crippen LogP contribution in [-0.2, 0) is 6.42 Å². The molecule has 0 fully saturated rings. The highest BCUT2D eigenvalue weighted by Crippen LogP contribution is 2.16. The molecule has 3 heteroatoms. The average molecular weight is 207 g/mol. The molecule has 0 saturated carbocycles. The highest BCUT2D eigenvalue weighted by Gasteiger charge is 2.01. The number of H-pyrrole nitrogens is 1. The van der Waals surface area contributed by atoms with Crippen LogP contribution in [-0.4, -0.2) is 4.37 Å². The second-order valence-electron chi connectivity index (χ2n) is 3.47. The van der Waals surface area contributed by atoms with Crippen molar-refractivity contribution in [2.45, 2.75) is 26.2 Å². The lowest BCUT2D eigenvalue weighted by Gasteiger charge is -1.98. The Kier molecular flexibility index (Phi) is 2.68. The van der Waals surface area contributed by atoms with Crippen LogP contribution in [0.25, 0.3) is 10.1 Å². The van der Waals surface area contributed by atoms with Crippen LogP contribution in [0.5, 0.6) is 0 Å². The van der Waals surface area contributed by atoms with E-state index >= 15 is 0 Å². The summed E-state index contributed by atoms with van der Waals surface area (Å²) in [6.45, 7) is 2.18. The molecule has 1 heterocycles. The summed E-state index contributed by atoms with van der Waals surface area (Å²) in [6.07, 6.45) is 3.45. The Morgan fingerprint density at radius 1 is 1.43 bits per heavy atom. The van der Waals surface area contributed by atoms with E-state index in [2.05, 4.69) is 17.4 Å². The van der Waals surface area contributed by atoms with Gasteiger partial charge in [0.15, 0.2) is 0 Å². The fourth-order valence-corrected chi connectivity index (χ4v) is 2.25. The van der Waals surface area contributed by atoms with Gasteiger partial charge in [-0.25, -0.2) is 0 Å². The molecule has 0 aliphatic rings. The van der Waals surface area contributed by atoms with Gasteiger partial charge in [-0.1, -0.05) is 30.9 Å². The van der Waals surface area contributed by atoms with Gasteiger partial charge in [0.2, 0.25) is 0 Å². The molecule has 1 N–H and O–H groups in total. The minimum atomic E-state index is 0.0448. The van der Waals surface area contributed by atoms with Crippen LogP contribution in [0.4, 0.5) is 0 Å². The van der Waals surface area contributed by atoms with Crippen molar-refractivity contribution in [1.29, 1.82) is 0 Å². The van der Waals surface area contributed by atoms with E-state index in [0.717, 1.165) is 16.5 Å². The molecule has 1 aromatic carbocycles. The standard InChI is InChI=1S/C11H13NOS/c1-2-3-4-8-5-6-10-9(7-8)11(13)12-14-10/h5-7H,2-4H2,1H3,(H,12,13). The maximum Gasteiger partial charge on any atom is 0.265 e. The average Bonchev–Trinajstić information content (AvgIpc) is 2.57. The molecular formula is C11H13NOS. The molecule has 14 heavy (non-hydrogen) atoms. The largest absolute Gasteiger partial charge is 0.277 e. The van der Waals surface area contributed by atoms with Crippen LogP contribution >= 0.6 is 11.5 Å². The Hall–Kier alpha value is -1.09. The predicted molar refractivity (Wildman–Crippen MR) is 61.1 cm³/mol. The van der Waals surface area contributed by atoms with Crippen molar-refractivity contribution in [2.75, 3.05) is 0 Å². The Labute approximate surface area is 86.7 Å². The van der Waals surface area contributed by atoms with Gasteiger partial charge in [-0.2, -0.15) is 0 Å². The van der Waals surface area contributed by atoms with Crippen LogP contribution in [0.15, 0.2) is 23.0 Å². The quantitative estimate of drug-likeness (QED) is 0.824. The van der Waals surface area contributed by atoms with Crippen molar-refractivity contribution in [3.05, 3.63) is 34.1 Å². The summed E-state index contributed by atoms with van der Waals surface area (Å²) in [4.78, 5) is 11.4. The van der Waals surface area contributed by atoms with Crippen molar-refractivity contribution >= 4 is 21.6 Å². The molecule has 0 spiro atoms. The van der Waals surface area contributed by atoms with Crippen molar-refractivity contribution in [2.24, 2.45) is 0 Å². The fraction of sp³-hybridized carbons (Fsp3) is 0.364. The highest BCUT2D eigenvalue weighted by molar-refractivity contribution is 7.13. The molecule has 0 amide bonds. The second-order valence-corrected chi connectivity index (χ2v) is 4.32. The lowest BCUT2D eigenvalue weighted by molar-refractivity contribution is 0.796. The predicted octanol–water partition coefficient (Wildman–Crippen LogP) is 2.93. The number of hydrogen-bond donors (Lipinski definition) is 1. The molecule has 2 nitrogen and oxygen atoms in total. The topological polar surface area (TPSA) is 32.9 Å². The van der Waals surface area contributed by atoms with E-state index in [1.54, 1.807) is 0 Å². The van der Waals surface area contributed by atoms with Gasteiger partial charge in [-0.05, 0) is 30.5 Å². The third kappa shape index (κ3) is 1.73. The molecular weight excluding hydrogens is 194 g/mol. The zero-order valence-electron chi connectivity index (χ0n) is 8.17. The minimum absolute atomic E-state index is 0.0448. The van der Waals surface area contributed by atoms with E-state index in [9.17, 15) is 4.79 Å². The Balaban J connectivity index is 2.39. The zero-order valence-corrected chi connectivity index (χ0v) is 8.99. The number of benzene rings is 1. The van der Waals surface area contributed by atoms with Crippen molar-refractivity contribution < 1.29 is 0 Å². The Morgan fingerprint density at radius 3 is 3.07 bits per heavy atom. The lowest BCUT2D eigenvalue weighted by Crippen LogP contribution is -1.96. The molecule has 0 bridgehead atoms. The van der Waals surface area contributed by atoms with Crippen LogP contribution in [0.1, 0.15) is 25.3 Å². The molecule has 0 atom stereocenters. The van der Waals surface area contributed by atoms with Crippen LogP contribution in [0.3, 0.4) is 0 Å². The van der Waals surface area contributed by atoms with Gasteiger partial charge < -0.3 is 0 Å². The number of aromatic amines is 1. The van der Waals surface area contributed by atoms with Crippen LogP contribution in [0.2, 0.25) is 0 Å². The first-order valence-electron chi connectivity index (χ1n) is 4.91. The number of aromatic nitrogens is 1. The maximum atomic E-state index is 11.4. The fourth-order valence-electron chi connectivity index (χ4n) is 1.54. The molecule has 0 aliphatic heterocycles. The first-order chi connectivity index (χ1) is 6.81. The molecule has 0 radical (unpaired) electrons. The van der Waals surface area contributed by atoms with Gasteiger partial charge in [0, 0.05) is 0 Å². The van der Waals surface area contributed by atoms with Crippen LogP contribution < -0.4 is 5.56 Å². The van der Waals surface area contributed by atoms with E-state index in [-0.39, 0.29) is 5.56 Å². The van der Waals surface area contributed by atoms with Gasteiger partial charge >= 0.3 is 0 Å². The minimum Gasteiger partial charge on any atom is -0.277 e. The smallest absolute Gasteiger partial charge is 0.265 e. The van der Waals surface area contributed by atoms with Gasteiger partial charge in [0.1, 0.15) is 0 Å². The third-order valence-corrected chi connectivity index (χ3v) is 3.22. The van der Waals surface area contributed by atoms with Gasteiger partial charge in [0.05, 0.1) is 10.1 Å². The molecule has 2 aromatic rings. The number of nitrogens with one attached hydrogen (secondary N) is 1. The maximum absolute atomic E-state index is 11.4. The molecule has 74 valence electrons. The molecule has 0 aliphatic carbocycles. The molecule has 0 saturated heterocycles. The third-order valence-electron chi connectivity index (χ3n) is 2.36. The van der Waals surface area contributed by atoms with Crippen LogP contribution in [0, 0.1) is 0 Å². The summed E-state index contributed by atoms with van der Waals surface area (Å²) in [5, 5.41) is 0.837. The van der Waals surface area contributed by atoms with Gasteiger partial charge in [0.25, 0.3) is 5.56 Å². The Morgan fingerprint density at radius 2 is 2.29 bits per heavy atom. The number of aryl methyl sites for hydroxylation is 1. The first kappa shape index (κ1) is 9.46. The first-order valence-corrected chi connectivity index (χ1v) is 5.73. The molecule has 2 rings (SSSR count). The summed E-state index contributed by atoms with van der Waals surface area (Å²) in [5.41, 5.74) is 1.31. The summed E-state index contributed by atoms with van der Waals surface area (Å²) in [5.74, 6) is 0. The molecule has 0 unspecified atom stereocenters. The Bertz CT molecular complexity index is 483. The summed E-state index contributed by atoms with van der Waals surface area (Å²) in [7, 11) is 0. The SMILES string of the molecule is CCCCc1ccc2s[nH]c(=O)c2c1. The van der Waals surface area contributed by atoms with Crippen molar-refractivity contribution in [1.82, 2.24) is 4.37 Å². The molecule has 1 aromatic heterocycles. The van der Waals surface area contributed by atoms with Crippen molar-refractivity contribution in [3.63, 3.8) is 0 Å². The van der Waals surface area contributed by atoms with E-state index in [1.807, 2.05) is 12.1 Å². The van der Waals surface area contributed by atoms with E-state index < -0.39 is 0 Å². The normalized spacial score (nSPS) is 10.9. The number of fused-ring (bicyclic) bond motifs is 1. The number of unbranched alkanes of at least 4 members (excludes halogenated alkanes) is 1. The second kappa shape index (κ2) is 3.96. The number of rotatable bonds is 3. The summed E-state index contributed by atoms with van der Waals surface area (Å²) < 4.78 is 3.80. The van der Waals surface area contributed by atoms with Gasteiger partial charge in [-0.3, -0.25) is 9.17 Å². The van der Waals surface area contributed by atoms with E-state index in [1.165, 1.54) is 29.9 Å². The summed E-state index contributed by atoms with van der Waals surface area (Å²) in [6, 6.07) is 6.16. The van der Waals surface area contributed by atoms with Crippen molar-refractivity contribution in [3.8, 4) is 0 Å². The van der Waals surface area contributed by atoms with E-state index in [0.29, 0.717) is 0 Å². The number of hydrogen-bond acceptors (Lipinski definition) is 2. The lowest BCUT2D eigenvalue weighted by atomic mass is 10.1. The highest BCUT2D eigenvalue weighted by atomic mass is 32.1. The zero-order chi connectivity index (χ0) is 9.97. The van der Waals surface area contributed by atoms with Gasteiger partial charge in [-0.15, -0.1) is 0 Å².